The Morgan fingerprint density at radius 3 is 2.01 bits per heavy atom. The summed E-state index contributed by atoms with van der Waals surface area (Å²) in [7, 11) is 2.25. The van der Waals surface area contributed by atoms with Crippen molar-refractivity contribution in [3.63, 3.8) is 0 Å². The van der Waals surface area contributed by atoms with E-state index in [4.69, 9.17) is 44.9 Å². The molecule has 0 amide bonds. The molecular weight excluding hydrogens is 1120 g/mol. The third-order valence-electron chi connectivity index (χ3n) is 20.4. The number of imidazole rings is 2. The van der Waals surface area contributed by atoms with Crippen LogP contribution in [0.15, 0.2) is 188 Å². The van der Waals surface area contributed by atoms with Crippen LogP contribution in [0.5, 0.6) is 0 Å². The molecule has 16 nitrogen and oxygen atoms in total. The van der Waals surface area contributed by atoms with Crippen molar-refractivity contribution in [3.8, 4) is 0 Å². The quantitative estimate of drug-likeness (QED) is 0.0851. The number of aryl methyl sites for hydroxylation is 5. The summed E-state index contributed by atoms with van der Waals surface area (Å²) in [5, 5.41) is 0. The number of amidine groups is 1. The fraction of sp³-hybridized carbons (Fsp3) is 0.360. The highest BCUT2D eigenvalue weighted by molar-refractivity contribution is 6.24. The van der Waals surface area contributed by atoms with Crippen LogP contribution in [-0.4, -0.2) is 118 Å². The summed E-state index contributed by atoms with van der Waals surface area (Å²) in [5.74, 6) is 1.11. The molecule has 0 saturated carbocycles. The average Bonchev–Trinajstić information content (AvgIpc) is 1.81. The van der Waals surface area contributed by atoms with Gasteiger partial charge in [0.25, 0.3) is 0 Å². The summed E-state index contributed by atoms with van der Waals surface area (Å²) < 4.78 is 4.45. The number of piperidine rings is 3. The van der Waals surface area contributed by atoms with Gasteiger partial charge in [0, 0.05) is 147 Å². The molecule has 5 aliphatic rings. The van der Waals surface area contributed by atoms with Crippen molar-refractivity contribution in [2.24, 2.45) is 4.99 Å². The van der Waals surface area contributed by atoms with E-state index in [2.05, 4.69) is 195 Å². The summed E-state index contributed by atoms with van der Waals surface area (Å²) in [5.41, 5.74) is 18.9. The Bertz CT molecular complexity index is 4270. The first-order valence-electron chi connectivity index (χ1n) is 33.0. The van der Waals surface area contributed by atoms with Crippen molar-refractivity contribution >= 4 is 22.7 Å². The van der Waals surface area contributed by atoms with Crippen molar-refractivity contribution in [1.82, 2.24) is 73.3 Å². The van der Waals surface area contributed by atoms with Gasteiger partial charge in [0.05, 0.1) is 70.4 Å². The van der Waals surface area contributed by atoms with Crippen molar-refractivity contribution < 1.29 is 0 Å². The highest BCUT2D eigenvalue weighted by Crippen LogP contribution is 2.50. The van der Waals surface area contributed by atoms with Gasteiger partial charge in [0.1, 0.15) is 17.1 Å². The Balaban J connectivity index is 0.671. The van der Waals surface area contributed by atoms with Gasteiger partial charge in [-0.15, -0.1) is 0 Å². The number of pyridine rings is 7. The van der Waals surface area contributed by atoms with E-state index in [1.807, 2.05) is 36.9 Å². The van der Waals surface area contributed by atoms with Crippen LogP contribution in [0.2, 0.25) is 0 Å². The fourth-order valence-electron chi connectivity index (χ4n) is 15.8. The number of allylic oxidation sites excluding steroid dienone is 2. The van der Waals surface area contributed by atoms with Gasteiger partial charge in [0.2, 0.25) is 0 Å². The van der Waals surface area contributed by atoms with E-state index in [9.17, 15) is 0 Å². The van der Waals surface area contributed by atoms with Gasteiger partial charge in [-0.05, 0) is 182 Å². The third-order valence-corrected chi connectivity index (χ3v) is 20.4. The summed E-state index contributed by atoms with van der Waals surface area (Å²) in [6.45, 7) is 9.00. The number of nitrogens with zero attached hydrogens (tertiary/aromatic N) is 16. The topological polar surface area (TPSA) is 150 Å². The number of rotatable bonds is 17. The van der Waals surface area contributed by atoms with Crippen molar-refractivity contribution in [2.45, 2.75) is 146 Å². The molecule has 10 aromatic heterocycles. The molecule has 5 aliphatic heterocycles. The second-order valence-corrected chi connectivity index (χ2v) is 25.8. The summed E-state index contributed by atoms with van der Waals surface area (Å²) in [6, 6.07) is 37.6. The maximum atomic E-state index is 5.72. The summed E-state index contributed by atoms with van der Waals surface area (Å²) in [6.07, 6.45) is 38.2. The summed E-state index contributed by atoms with van der Waals surface area (Å²) in [4.78, 5) is 61.6. The van der Waals surface area contributed by atoms with E-state index in [-0.39, 0.29) is 48.2 Å². The maximum Gasteiger partial charge on any atom is 0.137 e. The van der Waals surface area contributed by atoms with Crippen LogP contribution >= 0.6 is 0 Å². The molecule has 3 fully saturated rings. The first-order chi connectivity index (χ1) is 44.8. The summed E-state index contributed by atoms with van der Waals surface area (Å²) >= 11 is 0. The smallest absolute Gasteiger partial charge is 0.137 e. The van der Waals surface area contributed by atoms with Crippen LogP contribution in [0.25, 0.3) is 16.9 Å². The molecule has 0 aromatic carbocycles. The van der Waals surface area contributed by atoms with Crippen LogP contribution < -0.4 is 0 Å². The first kappa shape index (κ1) is 58.4. The number of aliphatic imine (C=N–C) groups is 1. The molecule has 10 aromatic rings. The predicted molar refractivity (Wildman–Crippen MR) is 356 cm³/mol. The molecule has 16 heteroatoms. The van der Waals surface area contributed by atoms with E-state index < -0.39 is 0 Å². The normalized spacial score (nSPS) is 23.2. The maximum absolute atomic E-state index is 5.72. The van der Waals surface area contributed by atoms with Crippen molar-refractivity contribution in [1.29, 1.82) is 0 Å². The van der Waals surface area contributed by atoms with Gasteiger partial charge in [-0.25, -0.2) is 9.97 Å². The van der Waals surface area contributed by atoms with Gasteiger partial charge in [-0.2, -0.15) is 0 Å². The molecule has 2 unspecified atom stereocenters. The lowest BCUT2D eigenvalue weighted by Gasteiger charge is -2.46. The minimum absolute atomic E-state index is 0.0628. The van der Waals surface area contributed by atoms with Crippen molar-refractivity contribution in [3.05, 3.63) is 263 Å². The van der Waals surface area contributed by atoms with Gasteiger partial charge >= 0.3 is 0 Å². The van der Waals surface area contributed by atoms with Crippen LogP contribution in [-0.2, 0) is 25.7 Å². The molecule has 0 bridgehead atoms. The number of hydrogen-bond donors (Lipinski definition) is 0. The zero-order chi connectivity index (χ0) is 61.4. The molecule has 0 N–H and O–H groups in total. The van der Waals surface area contributed by atoms with Crippen LogP contribution in [0, 0.1) is 20.8 Å². The highest BCUT2D eigenvalue weighted by Gasteiger charge is 2.44. The average molecular weight is 1210 g/mol. The number of aromatic nitrogens is 11. The Morgan fingerprint density at radius 2 is 1.24 bits per heavy atom. The Kier molecular flexibility index (Phi) is 16.5. The van der Waals surface area contributed by atoms with E-state index in [1.165, 1.54) is 33.8 Å². The monoisotopic (exact) mass is 1200 g/mol. The van der Waals surface area contributed by atoms with Gasteiger partial charge in [0.15, 0.2) is 0 Å². The van der Waals surface area contributed by atoms with Gasteiger partial charge in [-0.1, -0.05) is 42.5 Å². The molecule has 3 saturated heterocycles. The number of fused-ring (bicyclic) bond motifs is 3. The molecule has 15 heterocycles. The molecule has 0 spiro atoms. The lowest BCUT2D eigenvalue weighted by molar-refractivity contribution is 0.0586. The lowest BCUT2D eigenvalue weighted by Crippen LogP contribution is -2.50. The molecule has 0 radical (unpaired) electrons. The SMILES string of the molecule is Cc1cccnc1[C@@H]1CCC[C@H](c2cn3c(CCc4ccc(C5=CC=CN6CC([C@H]7CCC[C@@H](c8ncccc8C)N7CCc7cccc(C8CC[C@@H](c9ncccc9C)N(CCc9cnccn9)[C@H]8c8cn9ccccc9n8)n7)N=C56)cn4)cccc3n2)N1C. The minimum Gasteiger partial charge on any atom is -0.331 e. The van der Waals surface area contributed by atoms with Gasteiger partial charge < -0.3 is 13.7 Å². The molecule has 0 aliphatic carbocycles. The fourth-order valence-corrected chi connectivity index (χ4v) is 15.8. The minimum atomic E-state index is -0.0700. The lowest BCUT2D eigenvalue weighted by atomic mass is 9.79. The molecule has 460 valence electrons. The van der Waals surface area contributed by atoms with Crippen LogP contribution in [0.1, 0.15) is 167 Å². The van der Waals surface area contributed by atoms with E-state index in [1.54, 1.807) is 12.4 Å². The predicted octanol–water partition coefficient (Wildman–Crippen LogP) is 13.1. The Morgan fingerprint density at radius 1 is 0.516 bits per heavy atom. The molecule has 15 rings (SSSR count). The van der Waals surface area contributed by atoms with Crippen LogP contribution in [0.4, 0.5) is 0 Å². The Hall–Kier alpha value is -8.96. The molecular formula is C75H80N16. The van der Waals surface area contributed by atoms with E-state index in [0.29, 0.717) is 0 Å². The van der Waals surface area contributed by atoms with Gasteiger partial charge in [-0.3, -0.25) is 54.6 Å². The van der Waals surface area contributed by atoms with Crippen LogP contribution in [0.3, 0.4) is 0 Å². The van der Waals surface area contributed by atoms with Crippen molar-refractivity contribution in [2.75, 3.05) is 26.7 Å². The standard InChI is InChI=1S/C75H80N16/c1-50-15-11-36-78-71(50)66-24-9-22-64(86(66)4)62-49-91-57(19-8-27-70(91)83-62)31-30-54-29-28-53(45-81-54)58-20-14-42-88-47-61(85-75(58)88)65-23-10-25-67(72-51(2)16-12-37-79-72)89(65)43-34-55-18-7-21-60(82-55)59-32-33-68(73-52(3)17-13-38-80-73)90(44-35-56-46-76-39-40-77-56)74(59)63-48-87-41-6-5-26-69(87)84-63/h5-8,11-21,26-29,36-42,45-46,48-49,59,61,64-68,74H,9-10,22-25,30-35,43-44,47H2,1-4H3/t59?,61?,64-,65-,66+,67+,68+,74-/m1/s1. The first-order valence-corrected chi connectivity index (χ1v) is 33.0. The van der Waals surface area contributed by atoms with E-state index >= 15 is 0 Å². The number of hydrogen-bond acceptors (Lipinski definition) is 14. The van der Waals surface area contributed by atoms with E-state index in [0.717, 1.165) is 165 Å². The number of likely N-dealkylation sites (tertiary alicyclic amines) is 3. The molecule has 91 heavy (non-hydrogen) atoms. The second kappa shape index (κ2) is 25.7. The molecule has 8 atom stereocenters. The Labute approximate surface area is 533 Å². The third kappa shape index (κ3) is 11.8. The highest BCUT2D eigenvalue weighted by atomic mass is 15.3. The second-order valence-electron chi connectivity index (χ2n) is 25.8. The zero-order valence-corrected chi connectivity index (χ0v) is 52.7. The zero-order valence-electron chi connectivity index (χ0n) is 52.7. The largest absolute Gasteiger partial charge is 0.331 e.